The fraction of sp³-hybridized carbons (Fsp3) is 1.00. The van der Waals surface area contributed by atoms with Crippen LogP contribution in [0.3, 0.4) is 0 Å². The Bertz CT molecular complexity index is 577. The summed E-state index contributed by atoms with van der Waals surface area (Å²) in [6.07, 6.45) is 66.2. The topological polar surface area (TPSA) is 0 Å². The number of hydrogen-bond acceptors (Lipinski definition) is 0. The Hall–Kier alpha value is -0.0400. The largest absolute Gasteiger partial charge is 0.324 e. The van der Waals surface area contributed by atoms with E-state index in [1.807, 2.05) is 0 Å². The molecule has 0 aromatic carbocycles. The van der Waals surface area contributed by atoms with E-state index in [-0.39, 0.29) is 0 Å². The molecule has 1 heteroatoms. The Balaban J connectivity index is 4.89. The molecule has 0 radical (unpaired) electrons. The van der Waals surface area contributed by atoms with Crippen LogP contribution in [0.1, 0.15) is 317 Å². The van der Waals surface area contributed by atoms with E-state index in [9.17, 15) is 0 Å². The molecule has 0 spiro atoms. The van der Waals surface area contributed by atoms with Gasteiger partial charge in [0, 0.05) is 0 Å². The van der Waals surface area contributed by atoms with Crippen LogP contribution < -0.4 is 0 Å². The molecule has 54 heavy (non-hydrogen) atoms. The van der Waals surface area contributed by atoms with Crippen LogP contribution in [0.4, 0.5) is 0 Å². The van der Waals surface area contributed by atoms with Crippen molar-refractivity contribution >= 4 is 0 Å². The molecule has 0 fully saturated rings. The SMILES string of the molecule is CCCCCCCCCCCCCC[N+](CCCCCCCCCCCCC)(CCCCCCCCCCCCC)CCCCCCCCCCCCC. The van der Waals surface area contributed by atoms with E-state index in [2.05, 4.69) is 27.7 Å². The third kappa shape index (κ3) is 41.6. The second kappa shape index (κ2) is 47.3. The zero-order valence-corrected chi connectivity index (χ0v) is 39.1. The summed E-state index contributed by atoms with van der Waals surface area (Å²) < 4.78 is 1.49. The zero-order valence-electron chi connectivity index (χ0n) is 39.1. The lowest BCUT2D eigenvalue weighted by Crippen LogP contribution is -2.50. The fourth-order valence-corrected chi connectivity index (χ4v) is 9.29. The van der Waals surface area contributed by atoms with Gasteiger partial charge in [-0.2, -0.15) is 0 Å². The second-order valence-corrected chi connectivity index (χ2v) is 18.7. The summed E-state index contributed by atoms with van der Waals surface area (Å²) in [4.78, 5) is 0. The highest BCUT2D eigenvalue weighted by atomic mass is 15.3. The lowest BCUT2D eigenvalue weighted by atomic mass is 10.0. The van der Waals surface area contributed by atoms with Gasteiger partial charge in [0.05, 0.1) is 26.2 Å². The number of unbranched alkanes of at least 4 members (excludes halogenated alkanes) is 41. The molecule has 0 aliphatic carbocycles. The molecule has 326 valence electrons. The molecular formula is C53H110N+. The molecule has 0 saturated carbocycles. The van der Waals surface area contributed by atoms with Crippen molar-refractivity contribution in [3.8, 4) is 0 Å². The van der Waals surface area contributed by atoms with Gasteiger partial charge < -0.3 is 4.48 Å². The highest BCUT2D eigenvalue weighted by molar-refractivity contribution is 4.57. The van der Waals surface area contributed by atoms with Crippen LogP contribution in [-0.4, -0.2) is 30.7 Å². The van der Waals surface area contributed by atoms with Gasteiger partial charge >= 0.3 is 0 Å². The predicted octanol–water partition coefficient (Wildman–Crippen LogP) is 19.4. The number of hydrogen-bond donors (Lipinski definition) is 0. The summed E-state index contributed by atoms with van der Waals surface area (Å²) in [6, 6.07) is 0. The maximum Gasteiger partial charge on any atom is 0.0786 e. The zero-order chi connectivity index (χ0) is 39.1. The van der Waals surface area contributed by atoms with E-state index >= 15 is 0 Å². The molecule has 0 atom stereocenters. The highest BCUT2D eigenvalue weighted by Crippen LogP contribution is 2.22. The Morgan fingerprint density at radius 3 is 0.389 bits per heavy atom. The van der Waals surface area contributed by atoms with E-state index in [4.69, 9.17) is 0 Å². The number of rotatable bonds is 49. The normalized spacial score (nSPS) is 12.0. The van der Waals surface area contributed by atoms with Crippen molar-refractivity contribution in [2.45, 2.75) is 317 Å². The molecule has 0 aliphatic heterocycles. The van der Waals surface area contributed by atoms with E-state index in [0.29, 0.717) is 0 Å². The van der Waals surface area contributed by atoms with Crippen molar-refractivity contribution in [3.05, 3.63) is 0 Å². The van der Waals surface area contributed by atoms with Gasteiger partial charge in [-0.1, -0.05) is 265 Å². The Morgan fingerprint density at radius 1 is 0.148 bits per heavy atom. The van der Waals surface area contributed by atoms with Crippen LogP contribution in [0.25, 0.3) is 0 Å². The summed E-state index contributed by atoms with van der Waals surface area (Å²) in [5.41, 5.74) is 0. The van der Waals surface area contributed by atoms with E-state index in [1.165, 1.54) is 320 Å². The Labute approximate surface area is 346 Å². The van der Waals surface area contributed by atoms with Crippen LogP contribution in [0.2, 0.25) is 0 Å². The molecule has 0 heterocycles. The van der Waals surface area contributed by atoms with Crippen molar-refractivity contribution in [3.63, 3.8) is 0 Å². The van der Waals surface area contributed by atoms with Crippen molar-refractivity contribution < 1.29 is 4.48 Å². The van der Waals surface area contributed by atoms with Gasteiger partial charge in [-0.25, -0.2) is 0 Å². The molecule has 0 aromatic rings. The first-order valence-corrected chi connectivity index (χ1v) is 26.6. The van der Waals surface area contributed by atoms with Crippen LogP contribution >= 0.6 is 0 Å². The number of quaternary nitrogens is 1. The maximum atomic E-state index is 2.34. The van der Waals surface area contributed by atoms with E-state index < -0.39 is 0 Å². The minimum Gasteiger partial charge on any atom is -0.324 e. The first kappa shape index (κ1) is 54.0. The molecular weight excluding hydrogens is 651 g/mol. The van der Waals surface area contributed by atoms with Crippen molar-refractivity contribution in [2.24, 2.45) is 0 Å². The van der Waals surface area contributed by atoms with E-state index in [1.54, 1.807) is 0 Å². The Morgan fingerprint density at radius 2 is 0.259 bits per heavy atom. The van der Waals surface area contributed by atoms with Crippen LogP contribution in [-0.2, 0) is 0 Å². The summed E-state index contributed by atoms with van der Waals surface area (Å²) >= 11 is 0. The maximum absolute atomic E-state index is 2.34. The van der Waals surface area contributed by atoms with Gasteiger partial charge in [-0.05, 0) is 51.4 Å². The molecule has 0 amide bonds. The van der Waals surface area contributed by atoms with Crippen LogP contribution in [0, 0.1) is 0 Å². The predicted molar refractivity (Wildman–Crippen MR) is 250 cm³/mol. The average Bonchev–Trinajstić information content (AvgIpc) is 3.18. The quantitative estimate of drug-likeness (QED) is 0.0428. The molecule has 1 nitrogen and oxygen atoms in total. The van der Waals surface area contributed by atoms with Gasteiger partial charge in [0.1, 0.15) is 0 Å². The van der Waals surface area contributed by atoms with Gasteiger partial charge in [0.2, 0.25) is 0 Å². The molecule has 0 aromatic heterocycles. The summed E-state index contributed by atoms with van der Waals surface area (Å²) in [7, 11) is 0. The summed E-state index contributed by atoms with van der Waals surface area (Å²) in [5, 5.41) is 0. The molecule has 0 aliphatic rings. The minimum atomic E-state index is 1.37. The molecule has 0 saturated heterocycles. The van der Waals surface area contributed by atoms with Crippen molar-refractivity contribution in [1.82, 2.24) is 0 Å². The van der Waals surface area contributed by atoms with Crippen LogP contribution in [0.5, 0.6) is 0 Å². The first-order chi connectivity index (χ1) is 26.7. The standard InChI is InChI=1S/C53H110N/c1-5-9-13-17-21-25-29-33-37-41-45-49-53-54(50-46-42-38-34-30-26-22-18-14-10-6-2,51-47-43-39-35-31-27-23-19-15-11-7-3)52-48-44-40-36-32-28-24-20-16-12-8-4/h5-53H2,1-4H3/q+1. The second-order valence-electron chi connectivity index (χ2n) is 18.7. The number of nitrogens with zero attached hydrogens (tertiary/aromatic N) is 1. The summed E-state index contributed by atoms with van der Waals surface area (Å²) in [6.45, 7) is 15.3. The average molecular weight is 761 g/mol. The Kier molecular flexibility index (Phi) is 47.3. The third-order valence-electron chi connectivity index (χ3n) is 13.2. The van der Waals surface area contributed by atoms with Gasteiger partial charge in [0.25, 0.3) is 0 Å². The lowest BCUT2D eigenvalue weighted by Gasteiger charge is -2.40. The smallest absolute Gasteiger partial charge is 0.0786 e. The van der Waals surface area contributed by atoms with Crippen molar-refractivity contribution in [2.75, 3.05) is 26.2 Å². The fourth-order valence-electron chi connectivity index (χ4n) is 9.29. The van der Waals surface area contributed by atoms with E-state index in [0.717, 1.165) is 0 Å². The van der Waals surface area contributed by atoms with Crippen molar-refractivity contribution in [1.29, 1.82) is 0 Å². The molecule has 0 unspecified atom stereocenters. The highest BCUT2D eigenvalue weighted by Gasteiger charge is 2.25. The molecule has 0 N–H and O–H groups in total. The van der Waals surface area contributed by atoms with Gasteiger partial charge in [-0.15, -0.1) is 0 Å². The van der Waals surface area contributed by atoms with Gasteiger partial charge in [0.15, 0.2) is 0 Å². The van der Waals surface area contributed by atoms with Gasteiger partial charge in [-0.3, -0.25) is 0 Å². The lowest BCUT2D eigenvalue weighted by molar-refractivity contribution is -0.929. The molecule has 0 bridgehead atoms. The molecule has 0 rings (SSSR count). The first-order valence-electron chi connectivity index (χ1n) is 26.6. The monoisotopic (exact) mass is 761 g/mol. The van der Waals surface area contributed by atoms with Crippen LogP contribution in [0.15, 0.2) is 0 Å². The third-order valence-corrected chi connectivity index (χ3v) is 13.2. The summed E-state index contributed by atoms with van der Waals surface area (Å²) in [5.74, 6) is 0. The minimum absolute atomic E-state index is 1.37.